The second kappa shape index (κ2) is 7.53. The third kappa shape index (κ3) is 3.10. The van der Waals surface area contributed by atoms with Crippen molar-refractivity contribution in [3.05, 3.63) is 87.8 Å². The molecule has 1 saturated heterocycles. The first-order chi connectivity index (χ1) is 16.1. The number of fused-ring (bicyclic) bond motifs is 2. The van der Waals surface area contributed by atoms with Crippen LogP contribution in [0.1, 0.15) is 22.0 Å². The number of ketones is 1. The molecule has 1 amide bonds. The number of thiophene rings is 1. The van der Waals surface area contributed by atoms with Crippen LogP contribution in [-0.2, 0) is 16.1 Å². The summed E-state index contributed by atoms with van der Waals surface area (Å²) in [6.07, 6.45) is 1.80. The Balaban J connectivity index is 1.54. The molecule has 0 bridgehead atoms. The SMILES string of the molecule is O=C1C(=O)N(Cc2cccs2)C(c2c[nH]c3ccccc23)/C1=C(\O)c1ccc2c(c1)OCO2. The maximum Gasteiger partial charge on any atom is 0.295 e. The van der Waals surface area contributed by atoms with E-state index in [0.29, 0.717) is 17.1 Å². The Hall–Kier alpha value is -4.04. The Kier molecular flexibility index (Phi) is 4.48. The molecule has 0 radical (unpaired) electrons. The quantitative estimate of drug-likeness (QED) is 0.265. The lowest BCUT2D eigenvalue weighted by Crippen LogP contribution is -2.28. The van der Waals surface area contributed by atoms with Crippen LogP contribution in [0.25, 0.3) is 16.7 Å². The predicted molar refractivity (Wildman–Crippen MR) is 123 cm³/mol. The number of nitrogens with one attached hydrogen (secondary N) is 1. The number of rotatable bonds is 4. The van der Waals surface area contributed by atoms with Crippen LogP contribution in [0.5, 0.6) is 11.5 Å². The van der Waals surface area contributed by atoms with E-state index < -0.39 is 17.7 Å². The zero-order valence-electron chi connectivity index (χ0n) is 17.3. The molecule has 2 aromatic carbocycles. The second-order valence-corrected chi connectivity index (χ2v) is 8.90. The first-order valence-corrected chi connectivity index (χ1v) is 11.3. The molecule has 0 aliphatic carbocycles. The molecule has 4 heterocycles. The lowest BCUT2D eigenvalue weighted by atomic mass is 9.95. The number of carbonyl (C=O) groups is 2. The number of para-hydroxylation sites is 1. The molecular weight excluding hydrogens is 440 g/mol. The van der Waals surface area contributed by atoms with Gasteiger partial charge in [0.05, 0.1) is 18.2 Å². The average Bonchev–Trinajstić information content (AvgIpc) is 3.62. The number of amides is 1. The first-order valence-electron chi connectivity index (χ1n) is 10.4. The van der Waals surface area contributed by atoms with Crippen molar-refractivity contribution in [2.24, 2.45) is 0 Å². The highest BCUT2D eigenvalue weighted by Gasteiger charge is 2.47. The third-order valence-corrected chi connectivity index (χ3v) is 6.87. The number of aromatic amines is 1. The summed E-state index contributed by atoms with van der Waals surface area (Å²) >= 11 is 1.51. The number of benzene rings is 2. The smallest absolute Gasteiger partial charge is 0.295 e. The number of Topliss-reactive ketones (excluding diaryl/α,β-unsaturated/α-hetero) is 1. The van der Waals surface area contributed by atoms with E-state index in [9.17, 15) is 14.7 Å². The number of nitrogens with zero attached hydrogens (tertiary/aromatic N) is 1. The topological polar surface area (TPSA) is 91.9 Å². The Morgan fingerprint density at radius 2 is 1.94 bits per heavy atom. The van der Waals surface area contributed by atoms with Crippen LogP contribution in [-0.4, -0.2) is 33.5 Å². The normalized spacial score (nSPS) is 19.0. The predicted octanol–water partition coefficient (Wildman–Crippen LogP) is 4.58. The number of aliphatic hydroxyl groups is 1. The highest BCUT2D eigenvalue weighted by molar-refractivity contribution is 7.09. The number of carbonyl (C=O) groups excluding carboxylic acids is 2. The number of aromatic nitrogens is 1. The van der Waals surface area contributed by atoms with Crippen LogP contribution in [0.15, 0.2) is 71.7 Å². The van der Waals surface area contributed by atoms with Crippen LogP contribution in [0, 0.1) is 0 Å². The molecule has 1 atom stereocenters. The molecule has 33 heavy (non-hydrogen) atoms. The number of likely N-dealkylation sites (tertiary alicyclic amines) is 1. The van der Waals surface area contributed by atoms with Gasteiger partial charge in [-0.2, -0.15) is 0 Å². The number of hydrogen-bond donors (Lipinski definition) is 2. The number of aliphatic hydroxyl groups excluding tert-OH is 1. The van der Waals surface area contributed by atoms with Gasteiger partial charge in [0.15, 0.2) is 11.5 Å². The van der Waals surface area contributed by atoms with E-state index in [4.69, 9.17) is 9.47 Å². The fourth-order valence-corrected chi connectivity index (χ4v) is 5.16. The molecule has 6 rings (SSSR count). The molecule has 1 fully saturated rings. The third-order valence-electron chi connectivity index (χ3n) is 6.01. The fourth-order valence-electron chi connectivity index (χ4n) is 4.46. The maximum absolute atomic E-state index is 13.3. The Labute approximate surface area is 192 Å². The Morgan fingerprint density at radius 3 is 2.79 bits per heavy atom. The van der Waals surface area contributed by atoms with Gasteiger partial charge < -0.3 is 24.5 Å². The van der Waals surface area contributed by atoms with Gasteiger partial charge in [-0.05, 0) is 35.7 Å². The molecule has 2 aliphatic rings. The molecular formula is C25H18N2O5S. The van der Waals surface area contributed by atoms with Gasteiger partial charge in [-0.1, -0.05) is 24.3 Å². The van der Waals surface area contributed by atoms with E-state index in [-0.39, 0.29) is 24.7 Å². The zero-order valence-corrected chi connectivity index (χ0v) is 18.1. The minimum atomic E-state index is -0.742. The maximum atomic E-state index is 13.3. The highest BCUT2D eigenvalue weighted by atomic mass is 32.1. The fraction of sp³-hybridized carbons (Fsp3) is 0.120. The van der Waals surface area contributed by atoms with Crippen molar-refractivity contribution in [2.45, 2.75) is 12.6 Å². The summed E-state index contributed by atoms with van der Waals surface area (Å²) in [4.78, 5) is 32.1. The second-order valence-electron chi connectivity index (χ2n) is 7.86. The highest BCUT2D eigenvalue weighted by Crippen LogP contribution is 2.44. The molecule has 164 valence electrons. The summed E-state index contributed by atoms with van der Waals surface area (Å²) in [5.74, 6) is -0.540. The van der Waals surface area contributed by atoms with Gasteiger partial charge >= 0.3 is 0 Å². The van der Waals surface area contributed by atoms with Crippen LogP contribution in [0.2, 0.25) is 0 Å². The summed E-state index contributed by atoms with van der Waals surface area (Å²) in [6, 6.07) is 15.7. The summed E-state index contributed by atoms with van der Waals surface area (Å²) in [5.41, 5.74) is 2.08. The van der Waals surface area contributed by atoms with Gasteiger partial charge in [-0.15, -0.1) is 11.3 Å². The minimum Gasteiger partial charge on any atom is -0.507 e. The van der Waals surface area contributed by atoms with E-state index in [2.05, 4.69) is 4.98 Å². The molecule has 2 aromatic heterocycles. The van der Waals surface area contributed by atoms with Crippen LogP contribution in [0.4, 0.5) is 0 Å². The molecule has 2 aliphatic heterocycles. The van der Waals surface area contributed by atoms with Crippen molar-refractivity contribution >= 4 is 39.7 Å². The summed E-state index contributed by atoms with van der Waals surface area (Å²) in [6.45, 7) is 0.366. The molecule has 1 unspecified atom stereocenters. The Morgan fingerprint density at radius 1 is 1.09 bits per heavy atom. The van der Waals surface area contributed by atoms with Crippen molar-refractivity contribution in [3.8, 4) is 11.5 Å². The summed E-state index contributed by atoms with van der Waals surface area (Å²) < 4.78 is 10.8. The van der Waals surface area contributed by atoms with Gasteiger partial charge in [-0.25, -0.2) is 0 Å². The number of hydrogen-bond acceptors (Lipinski definition) is 6. The lowest BCUT2D eigenvalue weighted by molar-refractivity contribution is -0.140. The van der Waals surface area contributed by atoms with Gasteiger partial charge in [0.1, 0.15) is 5.76 Å². The zero-order chi connectivity index (χ0) is 22.5. The standard InChI is InChI=1S/C25H18N2O5S/c28-23(14-7-8-19-20(10-14)32-13-31-19)21-22(17-11-26-18-6-2-1-5-16(17)18)27(25(30)24(21)29)12-15-4-3-9-33-15/h1-11,22,26,28H,12-13H2/b23-21+. The van der Waals surface area contributed by atoms with E-state index in [1.807, 2.05) is 41.8 Å². The molecule has 7 nitrogen and oxygen atoms in total. The van der Waals surface area contributed by atoms with Crippen molar-refractivity contribution in [3.63, 3.8) is 0 Å². The van der Waals surface area contributed by atoms with Crippen molar-refractivity contribution in [2.75, 3.05) is 6.79 Å². The van der Waals surface area contributed by atoms with Crippen molar-refractivity contribution < 1.29 is 24.2 Å². The number of ether oxygens (including phenoxy) is 2. The molecule has 0 spiro atoms. The van der Waals surface area contributed by atoms with E-state index in [0.717, 1.165) is 21.3 Å². The Bertz CT molecular complexity index is 1440. The molecule has 0 saturated carbocycles. The molecule has 2 N–H and O–H groups in total. The van der Waals surface area contributed by atoms with Gasteiger partial charge in [0.2, 0.25) is 6.79 Å². The van der Waals surface area contributed by atoms with E-state index in [1.165, 1.54) is 16.2 Å². The van der Waals surface area contributed by atoms with E-state index >= 15 is 0 Å². The van der Waals surface area contributed by atoms with Crippen molar-refractivity contribution in [1.82, 2.24) is 9.88 Å². The summed E-state index contributed by atoms with van der Waals surface area (Å²) in [5, 5.41) is 14.1. The van der Waals surface area contributed by atoms with Gasteiger partial charge in [0, 0.05) is 33.1 Å². The monoisotopic (exact) mass is 458 g/mol. The van der Waals surface area contributed by atoms with Crippen LogP contribution < -0.4 is 9.47 Å². The average molecular weight is 458 g/mol. The molecule has 8 heteroatoms. The van der Waals surface area contributed by atoms with E-state index in [1.54, 1.807) is 24.4 Å². The van der Waals surface area contributed by atoms with Crippen LogP contribution in [0.3, 0.4) is 0 Å². The van der Waals surface area contributed by atoms with Crippen molar-refractivity contribution in [1.29, 1.82) is 0 Å². The summed E-state index contributed by atoms with van der Waals surface area (Å²) in [7, 11) is 0. The van der Waals surface area contributed by atoms with Gasteiger partial charge in [-0.3, -0.25) is 9.59 Å². The number of H-pyrrole nitrogens is 1. The van der Waals surface area contributed by atoms with Crippen LogP contribution >= 0.6 is 11.3 Å². The van der Waals surface area contributed by atoms with Gasteiger partial charge in [0.25, 0.3) is 11.7 Å². The lowest BCUT2D eigenvalue weighted by Gasteiger charge is -2.24. The minimum absolute atomic E-state index is 0.0557. The largest absolute Gasteiger partial charge is 0.507 e. The first kappa shape index (κ1) is 19.6. The molecule has 4 aromatic rings.